The van der Waals surface area contributed by atoms with E-state index < -0.39 is 0 Å². The van der Waals surface area contributed by atoms with Gasteiger partial charge < -0.3 is 0 Å². The lowest BCUT2D eigenvalue weighted by Gasteiger charge is -2.16. The van der Waals surface area contributed by atoms with Crippen LogP contribution in [-0.2, 0) is 4.79 Å². The van der Waals surface area contributed by atoms with E-state index in [2.05, 4.69) is 4.99 Å². The van der Waals surface area contributed by atoms with E-state index in [9.17, 15) is 4.79 Å². The van der Waals surface area contributed by atoms with Gasteiger partial charge in [-0.3, -0.25) is 9.69 Å². The molecule has 0 spiro atoms. The Hall–Kier alpha value is -0.540. The lowest BCUT2D eigenvalue weighted by atomic mass is 10.5. The minimum absolute atomic E-state index is 0.264. The van der Waals surface area contributed by atoms with E-state index in [1.54, 1.807) is 0 Å². The van der Waals surface area contributed by atoms with Crippen LogP contribution < -0.4 is 0 Å². The Labute approximate surface area is 67.9 Å². The summed E-state index contributed by atoms with van der Waals surface area (Å²) in [5.74, 6) is 0. The van der Waals surface area contributed by atoms with Crippen LogP contribution in [-0.4, -0.2) is 23.0 Å². The van der Waals surface area contributed by atoms with E-state index in [-0.39, 0.29) is 6.54 Å². The van der Waals surface area contributed by atoms with Crippen LogP contribution >= 0.6 is 23.2 Å². The normalized spacial score (nSPS) is 18.0. The molecule has 1 heterocycles. The van der Waals surface area contributed by atoms with Gasteiger partial charge >= 0.3 is 0 Å². The van der Waals surface area contributed by atoms with Gasteiger partial charge in [0.25, 0.3) is 0 Å². The third-order valence-electron chi connectivity index (χ3n) is 1.01. The Bertz CT molecular complexity index is 212. The van der Waals surface area contributed by atoms with Gasteiger partial charge in [0.15, 0.2) is 0 Å². The van der Waals surface area contributed by atoms with Crippen molar-refractivity contribution in [3.05, 3.63) is 11.4 Å². The van der Waals surface area contributed by atoms with Crippen LogP contribution in [0.15, 0.2) is 16.3 Å². The highest BCUT2D eigenvalue weighted by Gasteiger charge is 2.11. The fourth-order valence-electron chi connectivity index (χ4n) is 0.542. The summed E-state index contributed by atoms with van der Waals surface area (Å²) < 4.78 is 0. The summed E-state index contributed by atoms with van der Waals surface area (Å²) in [7, 11) is 0. The van der Waals surface area contributed by atoms with E-state index in [4.69, 9.17) is 23.2 Å². The SMILES string of the molecule is O=CN1CC(Cl)=NC=C1Cl. The second-order valence-corrected chi connectivity index (χ2v) is 2.51. The lowest BCUT2D eigenvalue weighted by Crippen LogP contribution is -2.26. The summed E-state index contributed by atoms with van der Waals surface area (Å²) in [6.45, 7) is 0.264. The first kappa shape index (κ1) is 7.57. The zero-order valence-corrected chi connectivity index (χ0v) is 6.43. The molecule has 0 aromatic rings. The first-order valence-corrected chi connectivity index (χ1v) is 3.29. The molecular weight excluding hydrogens is 175 g/mol. The first-order chi connectivity index (χ1) is 4.74. The summed E-state index contributed by atoms with van der Waals surface area (Å²) in [6, 6.07) is 0. The fourth-order valence-corrected chi connectivity index (χ4v) is 0.868. The predicted molar refractivity (Wildman–Crippen MR) is 40.0 cm³/mol. The summed E-state index contributed by atoms with van der Waals surface area (Å²) in [6.07, 6.45) is 1.94. The van der Waals surface area contributed by atoms with Crippen molar-refractivity contribution in [3.63, 3.8) is 0 Å². The average Bonchev–Trinajstić information content (AvgIpc) is 1.94. The smallest absolute Gasteiger partial charge is 0.215 e. The Morgan fingerprint density at radius 3 is 2.90 bits per heavy atom. The molecule has 0 unspecified atom stereocenters. The average molecular weight is 179 g/mol. The molecule has 3 nitrogen and oxygen atoms in total. The summed E-state index contributed by atoms with van der Waals surface area (Å²) in [5, 5.41) is 0.649. The molecule has 1 rings (SSSR count). The molecule has 0 aromatic carbocycles. The number of carbonyl (C=O) groups excluding carboxylic acids is 1. The maximum absolute atomic E-state index is 10.2. The van der Waals surface area contributed by atoms with Gasteiger partial charge in [-0.25, -0.2) is 4.99 Å². The van der Waals surface area contributed by atoms with Crippen molar-refractivity contribution < 1.29 is 4.79 Å². The minimum Gasteiger partial charge on any atom is -0.297 e. The van der Waals surface area contributed by atoms with Crippen LogP contribution in [0.4, 0.5) is 0 Å². The second-order valence-electron chi connectivity index (χ2n) is 1.69. The number of rotatable bonds is 1. The molecule has 0 atom stereocenters. The van der Waals surface area contributed by atoms with Crippen molar-refractivity contribution in [1.29, 1.82) is 0 Å². The van der Waals surface area contributed by atoms with Crippen LogP contribution in [0.5, 0.6) is 0 Å². The highest BCUT2D eigenvalue weighted by molar-refractivity contribution is 6.66. The highest BCUT2D eigenvalue weighted by atomic mass is 35.5. The van der Waals surface area contributed by atoms with E-state index >= 15 is 0 Å². The molecule has 1 aliphatic heterocycles. The topological polar surface area (TPSA) is 32.7 Å². The first-order valence-electron chi connectivity index (χ1n) is 2.54. The lowest BCUT2D eigenvalue weighted by molar-refractivity contribution is -0.115. The number of nitrogens with zero attached hydrogens (tertiary/aromatic N) is 2. The van der Waals surface area contributed by atoms with Gasteiger partial charge in [-0.2, -0.15) is 0 Å². The number of carbonyl (C=O) groups is 1. The van der Waals surface area contributed by atoms with Crippen LogP contribution in [0.3, 0.4) is 0 Å². The maximum Gasteiger partial charge on any atom is 0.215 e. The van der Waals surface area contributed by atoms with Crippen LogP contribution in [0.2, 0.25) is 0 Å². The quantitative estimate of drug-likeness (QED) is 0.438. The Kier molecular flexibility index (Phi) is 2.29. The van der Waals surface area contributed by atoms with Gasteiger partial charge in [-0.05, 0) is 0 Å². The maximum atomic E-state index is 10.2. The van der Waals surface area contributed by atoms with E-state index in [0.717, 1.165) is 0 Å². The summed E-state index contributed by atoms with van der Waals surface area (Å²) in [5.41, 5.74) is 0. The van der Waals surface area contributed by atoms with Crippen LogP contribution in [0.1, 0.15) is 0 Å². The molecular formula is C5H4Cl2N2O. The van der Waals surface area contributed by atoms with Crippen molar-refractivity contribution in [3.8, 4) is 0 Å². The van der Waals surface area contributed by atoms with Crippen LogP contribution in [0.25, 0.3) is 0 Å². The van der Waals surface area contributed by atoms with Crippen LogP contribution in [0, 0.1) is 0 Å². The Morgan fingerprint density at radius 1 is 1.70 bits per heavy atom. The molecule has 5 heteroatoms. The Morgan fingerprint density at radius 2 is 2.40 bits per heavy atom. The third-order valence-corrected chi connectivity index (χ3v) is 1.55. The van der Waals surface area contributed by atoms with Gasteiger partial charge in [-0.15, -0.1) is 0 Å². The van der Waals surface area contributed by atoms with Crippen molar-refractivity contribution in [2.75, 3.05) is 6.54 Å². The largest absolute Gasteiger partial charge is 0.297 e. The molecule has 0 N–H and O–H groups in total. The molecule has 0 fully saturated rings. The van der Waals surface area contributed by atoms with E-state index in [1.165, 1.54) is 11.1 Å². The van der Waals surface area contributed by atoms with Crippen molar-refractivity contribution in [1.82, 2.24) is 4.90 Å². The predicted octanol–water partition coefficient (Wildman–Crippen LogP) is 1.13. The molecule has 1 amide bonds. The van der Waals surface area contributed by atoms with Gasteiger partial charge in [0.05, 0.1) is 12.7 Å². The number of hydrogen-bond acceptors (Lipinski definition) is 2. The van der Waals surface area contributed by atoms with Gasteiger partial charge in [0, 0.05) is 0 Å². The summed E-state index contributed by atoms with van der Waals surface area (Å²) in [4.78, 5) is 15.2. The van der Waals surface area contributed by atoms with Gasteiger partial charge in [-0.1, -0.05) is 23.2 Å². The fraction of sp³-hybridized carbons (Fsp3) is 0.200. The molecule has 0 aromatic heterocycles. The zero-order chi connectivity index (χ0) is 7.56. The monoisotopic (exact) mass is 178 g/mol. The number of hydrogen-bond donors (Lipinski definition) is 0. The van der Waals surface area contributed by atoms with Gasteiger partial charge in [0.1, 0.15) is 10.3 Å². The standard InChI is InChI=1S/C5H4Cl2N2O/c6-4-2-9(3-10)5(7)1-8-4/h1,3H,2H2. The second kappa shape index (κ2) is 3.03. The number of aliphatic imine (C=N–C) groups is 1. The molecule has 0 aliphatic carbocycles. The summed E-state index contributed by atoms with van der Waals surface area (Å²) >= 11 is 11.0. The third kappa shape index (κ3) is 1.49. The molecule has 0 saturated heterocycles. The van der Waals surface area contributed by atoms with Crippen molar-refractivity contribution in [2.45, 2.75) is 0 Å². The zero-order valence-electron chi connectivity index (χ0n) is 4.92. The molecule has 54 valence electrons. The minimum atomic E-state index is 0.264. The number of amides is 1. The number of halogens is 2. The molecule has 1 aliphatic rings. The molecule has 0 bridgehead atoms. The molecule has 0 saturated carbocycles. The molecule has 10 heavy (non-hydrogen) atoms. The highest BCUT2D eigenvalue weighted by Crippen LogP contribution is 2.12. The molecule has 0 radical (unpaired) electrons. The Balaban J connectivity index is 2.77. The van der Waals surface area contributed by atoms with E-state index in [1.807, 2.05) is 0 Å². The van der Waals surface area contributed by atoms with Gasteiger partial charge in [0.2, 0.25) is 6.41 Å². The van der Waals surface area contributed by atoms with Crippen molar-refractivity contribution >= 4 is 34.8 Å². The van der Waals surface area contributed by atoms with Crippen molar-refractivity contribution in [2.24, 2.45) is 4.99 Å². The van der Waals surface area contributed by atoms with E-state index in [0.29, 0.717) is 16.7 Å².